The highest BCUT2D eigenvalue weighted by atomic mass is 19.4. The van der Waals surface area contributed by atoms with Crippen LogP contribution in [0.25, 0.3) is 0 Å². The number of benzene rings is 1. The first-order chi connectivity index (χ1) is 13.2. The van der Waals surface area contributed by atoms with Crippen molar-refractivity contribution in [3.63, 3.8) is 0 Å². The number of hydrogen-bond acceptors (Lipinski definition) is 4. The van der Waals surface area contributed by atoms with E-state index in [0.29, 0.717) is 45.0 Å². The van der Waals surface area contributed by atoms with Crippen molar-refractivity contribution in [3.05, 3.63) is 29.8 Å². The Hall–Kier alpha value is -2.29. The predicted octanol–water partition coefficient (Wildman–Crippen LogP) is 1.81. The summed E-state index contributed by atoms with van der Waals surface area (Å²) in [5, 5.41) is 2.71. The molecule has 2 rings (SSSR count). The molecule has 156 valence electrons. The monoisotopic (exact) mass is 400 g/mol. The Morgan fingerprint density at radius 1 is 1.11 bits per heavy atom. The van der Waals surface area contributed by atoms with Crippen molar-refractivity contribution in [2.24, 2.45) is 0 Å². The molecule has 2 amide bonds. The fraction of sp³-hybridized carbons (Fsp3) is 0.579. The fourth-order valence-electron chi connectivity index (χ4n) is 3.12. The molecule has 1 aliphatic heterocycles. The Morgan fingerprint density at radius 3 is 2.36 bits per heavy atom. The molecule has 0 radical (unpaired) electrons. The second-order valence-corrected chi connectivity index (χ2v) is 6.67. The number of amides is 2. The van der Waals surface area contributed by atoms with Crippen LogP contribution in [0.4, 0.5) is 18.9 Å². The van der Waals surface area contributed by atoms with Crippen molar-refractivity contribution >= 4 is 17.5 Å². The van der Waals surface area contributed by atoms with Crippen LogP contribution in [0, 0.1) is 0 Å². The largest absolute Gasteiger partial charge is 0.416 e. The standard InChI is InChI=1S/C19H27F3N4O2/c1-3-23-17(27)13-24(4-2)14-18(28)26-10-8-25(9-11-26)16-7-5-6-15(12-16)19(20,21)22/h5-7,12H,3-4,8-11,13-14H2,1-2H3,(H,23,27). The van der Waals surface area contributed by atoms with Crippen LogP contribution in [0.3, 0.4) is 0 Å². The molecule has 9 heteroatoms. The number of carbonyl (C=O) groups is 2. The molecular formula is C19H27F3N4O2. The van der Waals surface area contributed by atoms with Crippen molar-refractivity contribution in [1.82, 2.24) is 15.1 Å². The van der Waals surface area contributed by atoms with Crippen molar-refractivity contribution in [3.8, 4) is 0 Å². The van der Waals surface area contributed by atoms with E-state index in [2.05, 4.69) is 5.32 Å². The molecule has 0 spiro atoms. The lowest BCUT2D eigenvalue weighted by Gasteiger charge is -2.37. The van der Waals surface area contributed by atoms with Gasteiger partial charge < -0.3 is 15.1 Å². The zero-order chi connectivity index (χ0) is 20.7. The summed E-state index contributed by atoms with van der Waals surface area (Å²) in [6, 6.07) is 5.24. The van der Waals surface area contributed by atoms with E-state index < -0.39 is 11.7 Å². The van der Waals surface area contributed by atoms with Crippen LogP contribution in [0.1, 0.15) is 19.4 Å². The van der Waals surface area contributed by atoms with E-state index in [1.54, 1.807) is 15.9 Å². The van der Waals surface area contributed by atoms with E-state index >= 15 is 0 Å². The fourth-order valence-corrected chi connectivity index (χ4v) is 3.12. The number of rotatable bonds is 7. The lowest BCUT2D eigenvalue weighted by molar-refractivity contribution is -0.137. The lowest BCUT2D eigenvalue weighted by Crippen LogP contribution is -2.52. The third kappa shape index (κ3) is 6.12. The molecule has 1 aliphatic rings. The maximum atomic E-state index is 12.9. The van der Waals surface area contributed by atoms with E-state index in [0.717, 1.165) is 12.1 Å². The third-order valence-electron chi connectivity index (χ3n) is 4.72. The number of hydrogen-bond donors (Lipinski definition) is 1. The molecule has 0 bridgehead atoms. The van der Waals surface area contributed by atoms with Gasteiger partial charge in [-0.25, -0.2) is 0 Å². The molecule has 1 heterocycles. The number of nitrogens with zero attached hydrogens (tertiary/aromatic N) is 3. The zero-order valence-corrected chi connectivity index (χ0v) is 16.3. The summed E-state index contributed by atoms with van der Waals surface area (Å²) in [4.78, 5) is 29.5. The van der Waals surface area contributed by atoms with E-state index in [9.17, 15) is 22.8 Å². The molecule has 0 unspecified atom stereocenters. The molecule has 6 nitrogen and oxygen atoms in total. The summed E-state index contributed by atoms with van der Waals surface area (Å²) in [5.41, 5.74) is -0.166. The van der Waals surface area contributed by atoms with Crippen molar-refractivity contribution < 1.29 is 22.8 Å². The molecule has 0 saturated carbocycles. The van der Waals surface area contributed by atoms with Crippen molar-refractivity contribution in [2.45, 2.75) is 20.0 Å². The lowest BCUT2D eigenvalue weighted by atomic mass is 10.1. The van der Waals surface area contributed by atoms with Gasteiger partial charge in [0.05, 0.1) is 18.7 Å². The van der Waals surface area contributed by atoms with Gasteiger partial charge in [0.1, 0.15) is 0 Å². The number of carbonyl (C=O) groups excluding carboxylic acids is 2. The van der Waals surface area contributed by atoms with Crippen LogP contribution >= 0.6 is 0 Å². The molecule has 0 aliphatic carbocycles. The number of piperazine rings is 1. The van der Waals surface area contributed by atoms with Crippen LogP contribution in [-0.2, 0) is 15.8 Å². The zero-order valence-electron chi connectivity index (χ0n) is 16.3. The van der Waals surface area contributed by atoms with E-state index in [1.807, 2.05) is 18.7 Å². The Morgan fingerprint density at radius 2 is 1.79 bits per heavy atom. The first kappa shape index (κ1) is 22.0. The number of halogens is 3. The first-order valence-electron chi connectivity index (χ1n) is 9.43. The molecular weight excluding hydrogens is 373 g/mol. The average molecular weight is 400 g/mol. The Balaban J connectivity index is 1.89. The normalized spacial score (nSPS) is 15.1. The highest BCUT2D eigenvalue weighted by Gasteiger charge is 2.31. The minimum atomic E-state index is -4.37. The van der Waals surface area contributed by atoms with Crippen molar-refractivity contribution in [1.29, 1.82) is 0 Å². The van der Waals surface area contributed by atoms with E-state index in [4.69, 9.17) is 0 Å². The minimum Gasteiger partial charge on any atom is -0.368 e. The second kappa shape index (κ2) is 9.77. The molecule has 1 aromatic carbocycles. The quantitative estimate of drug-likeness (QED) is 0.759. The summed E-state index contributed by atoms with van der Waals surface area (Å²) >= 11 is 0. The maximum absolute atomic E-state index is 12.9. The van der Waals surface area contributed by atoms with Gasteiger partial charge in [-0.15, -0.1) is 0 Å². The third-order valence-corrected chi connectivity index (χ3v) is 4.72. The Kier molecular flexibility index (Phi) is 7.68. The van der Waals surface area contributed by atoms with Crippen LogP contribution in [0.2, 0.25) is 0 Å². The molecule has 1 saturated heterocycles. The van der Waals surface area contributed by atoms with Crippen molar-refractivity contribution in [2.75, 3.05) is 57.3 Å². The summed E-state index contributed by atoms with van der Waals surface area (Å²) < 4.78 is 38.7. The predicted molar refractivity (Wildman–Crippen MR) is 101 cm³/mol. The van der Waals surface area contributed by atoms with Crippen LogP contribution in [-0.4, -0.2) is 74.0 Å². The summed E-state index contributed by atoms with van der Waals surface area (Å²) in [6.07, 6.45) is -4.37. The molecule has 1 N–H and O–H groups in total. The van der Waals surface area contributed by atoms with E-state index in [1.165, 1.54) is 6.07 Å². The van der Waals surface area contributed by atoms with Gasteiger partial charge in [0.15, 0.2) is 0 Å². The second-order valence-electron chi connectivity index (χ2n) is 6.67. The van der Waals surface area contributed by atoms with Gasteiger partial charge in [-0.05, 0) is 31.7 Å². The molecule has 1 aromatic rings. The molecule has 1 fully saturated rings. The Bertz CT molecular complexity index is 673. The summed E-state index contributed by atoms with van der Waals surface area (Å²) in [7, 11) is 0. The molecule has 0 atom stereocenters. The average Bonchev–Trinajstić information content (AvgIpc) is 2.67. The SMILES string of the molecule is CCNC(=O)CN(CC)CC(=O)N1CCN(c2cccc(C(F)(F)F)c2)CC1. The number of alkyl halides is 3. The topological polar surface area (TPSA) is 55.9 Å². The molecule has 0 aromatic heterocycles. The van der Waals surface area contributed by atoms with Gasteiger partial charge in [0.2, 0.25) is 11.8 Å². The molecule has 28 heavy (non-hydrogen) atoms. The highest BCUT2D eigenvalue weighted by Crippen LogP contribution is 2.31. The smallest absolute Gasteiger partial charge is 0.368 e. The van der Waals surface area contributed by atoms with Crippen LogP contribution in [0.5, 0.6) is 0 Å². The van der Waals surface area contributed by atoms with Gasteiger partial charge in [0, 0.05) is 38.4 Å². The number of anilines is 1. The van der Waals surface area contributed by atoms with Gasteiger partial charge in [0.25, 0.3) is 0 Å². The summed E-state index contributed by atoms with van der Waals surface area (Å²) in [5.74, 6) is -0.193. The number of nitrogens with one attached hydrogen (secondary N) is 1. The Labute approximate surface area is 163 Å². The summed E-state index contributed by atoms with van der Waals surface area (Å²) in [6.45, 7) is 6.97. The van der Waals surface area contributed by atoms with E-state index in [-0.39, 0.29) is 24.9 Å². The van der Waals surface area contributed by atoms with Gasteiger partial charge in [-0.1, -0.05) is 13.0 Å². The minimum absolute atomic E-state index is 0.0742. The van der Waals surface area contributed by atoms with Gasteiger partial charge in [-0.2, -0.15) is 13.2 Å². The highest BCUT2D eigenvalue weighted by molar-refractivity contribution is 5.81. The first-order valence-corrected chi connectivity index (χ1v) is 9.43. The van der Waals surface area contributed by atoms with Crippen LogP contribution < -0.4 is 10.2 Å². The number of likely N-dealkylation sites (N-methyl/N-ethyl adjacent to an activating group) is 2. The van der Waals surface area contributed by atoms with Gasteiger partial charge in [-0.3, -0.25) is 14.5 Å². The van der Waals surface area contributed by atoms with Gasteiger partial charge >= 0.3 is 6.18 Å². The maximum Gasteiger partial charge on any atom is 0.416 e. The van der Waals surface area contributed by atoms with Crippen LogP contribution in [0.15, 0.2) is 24.3 Å².